The van der Waals surface area contributed by atoms with Crippen molar-refractivity contribution in [3.8, 4) is 0 Å². The quantitative estimate of drug-likeness (QED) is 0.598. The van der Waals surface area contributed by atoms with Crippen LogP contribution in [-0.4, -0.2) is 43.6 Å². The molecule has 6 heteroatoms. The Bertz CT molecular complexity index is 248. The van der Waals surface area contributed by atoms with Crippen molar-refractivity contribution in [3.63, 3.8) is 0 Å². The van der Waals surface area contributed by atoms with E-state index < -0.39 is 10.2 Å². The van der Waals surface area contributed by atoms with Crippen molar-refractivity contribution in [2.45, 2.75) is 39.7 Å². The zero-order valence-electron chi connectivity index (χ0n) is 9.73. The van der Waals surface area contributed by atoms with Crippen LogP contribution in [0.1, 0.15) is 33.6 Å². The topological polar surface area (TPSA) is 69.6 Å². The zero-order valence-corrected chi connectivity index (χ0v) is 10.5. The lowest BCUT2D eigenvalue weighted by atomic mass is 10.2. The van der Waals surface area contributed by atoms with Gasteiger partial charge in [0.05, 0.1) is 6.10 Å². The third-order valence-corrected chi connectivity index (χ3v) is 3.89. The summed E-state index contributed by atoms with van der Waals surface area (Å²) >= 11 is 0. The minimum atomic E-state index is -3.32. The molecule has 0 amide bonds. The zero-order chi connectivity index (χ0) is 11.9. The van der Waals surface area contributed by atoms with Crippen molar-refractivity contribution in [1.29, 1.82) is 0 Å². The predicted octanol–water partition coefficient (Wildman–Crippen LogP) is 0.324. The molecular weight excluding hydrogens is 216 g/mol. The van der Waals surface area contributed by atoms with E-state index in [9.17, 15) is 8.42 Å². The number of rotatable bonds is 8. The first-order valence-electron chi connectivity index (χ1n) is 5.36. The molecule has 0 spiro atoms. The van der Waals surface area contributed by atoms with E-state index in [-0.39, 0.29) is 6.10 Å². The number of hydrogen-bond acceptors (Lipinski definition) is 3. The SMILES string of the molecule is CCN(CC)S(=O)(=O)NCCCC(C)O. The van der Waals surface area contributed by atoms with Gasteiger partial charge in [0.2, 0.25) is 0 Å². The molecule has 0 aliphatic carbocycles. The Kier molecular flexibility index (Phi) is 7.08. The molecule has 0 aromatic carbocycles. The van der Waals surface area contributed by atoms with Gasteiger partial charge in [0.15, 0.2) is 0 Å². The molecule has 0 aliphatic heterocycles. The fourth-order valence-electron chi connectivity index (χ4n) is 1.25. The van der Waals surface area contributed by atoms with E-state index in [1.54, 1.807) is 20.8 Å². The lowest BCUT2D eigenvalue weighted by molar-refractivity contribution is 0.182. The molecule has 2 N–H and O–H groups in total. The van der Waals surface area contributed by atoms with Crippen molar-refractivity contribution < 1.29 is 13.5 Å². The molecule has 0 rings (SSSR count). The Labute approximate surface area is 92.7 Å². The van der Waals surface area contributed by atoms with Gasteiger partial charge in [-0.2, -0.15) is 12.7 Å². The van der Waals surface area contributed by atoms with Crippen LogP contribution in [-0.2, 0) is 10.2 Å². The molecule has 0 fully saturated rings. The van der Waals surface area contributed by atoms with Crippen LogP contribution in [0.4, 0.5) is 0 Å². The Morgan fingerprint density at radius 1 is 1.33 bits per heavy atom. The van der Waals surface area contributed by atoms with E-state index >= 15 is 0 Å². The Balaban J connectivity index is 3.94. The molecule has 5 nitrogen and oxygen atoms in total. The van der Waals surface area contributed by atoms with Crippen molar-refractivity contribution in [2.75, 3.05) is 19.6 Å². The van der Waals surface area contributed by atoms with Crippen LogP contribution in [0.3, 0.4) is 0 Å². The molecular formula is C9H22N2O3S. The molecule has 0 heterocycles. The largest absolute Gasteiger partial charge is 0.393 e. The van der Waals surface area contributed by atoms with Crippen molar-refractivity contribution in [3.05, 3.63) is 0 Å². The average molecular weight is 238 g/mol. The summed E-state index contributed by atoms with van der Waals surface area (Å²) in [6, 6.07) is 0. The van der Waals surface area contributed by atoms with E-state index in [0.29, 0.717) is 32.5 Å². The summed E-state index contributed by atoms with van der Waals surface area (Å²) in [7, 11) is -3.32. The summed E-state index contributed by atoms with van der Waals surface area (Å²) in [6.45, 7) is 6.63. The number of nitrogens with zero attached hydrogens (tertiary/aromatic N) is 1. The molecule has 0 bridgehead atoms. The van der Waals surface area contributed by atoms with Crippen LogP contribution >= 0.6 is 0 Å². The molecule has 0 saturated carbocycles. The van der Waals surface area contributed by atoms with E-state index in [2.05, 4.69) is 4.72 Å². The van der Waals surface area contributed by atoms with Crippen LogP contribution in [0, 0.1) is 0 Å². The van der Waals surface area contributed by atoms with E-state index in [4.69, 9.17) is 5.11 Å². The molecule has 0 radical (unpaired) electrons. The maximum atomic E-state index is 11.6. The monoisotopic (exact) mass is 238 g/mol. The first kappa shape index (κ1) is 14.8. The smallest absolute Gasteiger partial charge is 0.279 e. The van der Waals surface area contributed by atoms with E-state index in [1.807, 2.05) is 0 Å². The van der Waals surface area contributed by atoms with Crippen LogP contribution in [0.2, 0.25) is 0 Å². The van der Waals surface area contributed by atoms with Gasteiger partial charge in [-0.05, 0) is 19.8 Å². The number of nitrogens with one attached hydrogen (secondary N) is 1. The molecule has 0 aliphatic rings. The number of aliphatic hydroxyl groups excluding tert-OH is 1. The summed E-state index contributed by atoms with van der Waals surface area (Å²) in [5.74, 6) is 0. The van der Waals surface area contributed by atoms with Gasteiger partial charge in [-0.1, -0.05) is 13.8 Å². The van der Waals surface area contributed by atoms with Crippen molar-refractivity contribution >= 4 is 10.2 Å². The number of aliphatic hydroxyl groups is 1. The van der Waals surface area contributed by atoms with Crippen LogP contribution < -0.4 is 4.72 Å². The van der Waals surface area contributed by atoms with Crippen LogP contribution in [0.25, 0.3) is 0 Å². The number of hydrogen-bond donors (Lipinski definition) is 2. The van der Waals surface area contributed by atoms with Crippen molar-refractivity contribution in [2.24, 2.45) is 0 Å². The molecule has 0 aromatic heterocycles. The van der Waals surface area contributed by atoms with E-state index in [1.165, 1.54) is 4.31 Å². The second kappa shape index (κ2) is 7.16. The lowest BCUT2D eigenvalue weighted by Gasteiger charge is -2.18. The fraction of sp³-hybridized carbons (Fsp3) is 1.00. The van der Waals surface area contributed by atoms with Gasteiger partial charge in [-0.25, -0.2) is 4.72 Å². The minimum absolute atomic E-state index is 0.372. The van der Waals surface area contributed by atoms with Crippen molar-refractivity contribution in [1.82, 2.24) is 9.03 Å². The standard InChI is InChI=1S/C9H22N2O3S/c1-4-11(5-2)15(13,14)10-8-6-7-9(3)12/h9-10,12H,4-8H2,1-3H3. The fourth-order valence-corrected chi connectivity index (χ4v) is 2.52. The highest BCUT2D eigenvalue weighted by Crippen LogP contribution is 1.98. The summed E-state index contributed by atoms with van der Waals surface area (Å²) in [5.41, 5.74) is 0. The second-order valence-electron chi connectivity index (χ2n) is 3.47. The highest BCUT2D eigenvalue weighted by molar-refractivity contribution is 7.87. The lowest BCUT2D eigenvalue weighted by Crippen LogP contribution is -2.40. The third-order valence-electron chi connectivity index (χ3n) is 2.13. The first-order chi connectivity index (χ1) is 6.94. The molecule has 92 valence electrons. The molecule has 0 saturated heterocycles. The highest BCUT2D eigenvalue weighted by Gasteiger charge is 2.16. The second-order valence-corrected chi connectivity index (χ2v) is 5.23. The summed E-state index contributed by atoms with van der Waals surface area (Å²) in [5, 5.41) is 9.00. The van der Waals surface area contributed by atoms with Gasteiger partial charge in [-0.15, -0.1) is 0 Å². The predicted molar refractivity (Wildman–Crippen MR) is 60.8 cm³/mol. The average Bonchev–Trinajstić information content (AvgIpc) is 2.14. The van der Waals surface area contributed by atoms with Gasteiger partial charge >= 0.3 is 0 Å². The third kappa shape index (κ3) is 6.09. The molecule has 15 heavy (non-hydrogen) atoms. The molecule has 1 unspecified atom stereocenters. The van der Waals surface area contributed by atoms with Gasteiger partial charge in [0.25, 0.3) is 10.2 Å². The van der Waals surface area contributed by atoms with Gasteiger partial charge < -0.3 is 5.11 Å². The Morgan fingerprint density at radius 3 is 2.27 bits per heavy atom. The van der Waals surface area contributed by atoms with Gasteiger partial charge in [-0.3, -0.25) is 0 Å². The first-order valence-corrected chi connectivity index (χ1v) is 6.80. The van der Waals surface area contributed by atoms with Gasteiger partial charge in [0.1, 0.15) is 0 Å². The summed E-state index contributed by atoms with van der Waals surface area (Å²) < 4.78 is 27.1. The minimum Gasteiger partial charge on any atom is -0.393 e. The Morgan fingerprint density at radius 2 is 1.87 bits per heavy atom. The maximum Gasteiger partial charge on any atom is 0.279 e. The van der Waals surface area contributed by atoms with Gasteiger partial charge in [0, 0.05) is 19.6 Å². The molecule has 1 atom stereocenters. The van der Waals surface area contributed by atoms with Crippen LogP contribution in [0.5, 0.6) is 0 Å². The normalized spacial score (nSPS) is 14.5. The Hall–Kier alpha value is -0.170. The van der Waals surface area contributed by atoms with E-state index in [0.717, 1.165) is 0 Å². The molecule has 0 aromatic rings. The maximum absolute atomic E-state index is 11.6. The summed E-state index contributed by atoms with van der Waals surface area (Å²) in [4.78, 5) is 0. The van der Waals surface area contributed by atoms with Crippen LogP contribution in [0.15, 0.2) is 0 Å². The highest BCUT2D eigenvalue weighted by atomic mass is 32.2. The summed E-state index contributed by atoms with van der Waals surface area (Å²) in [6.07, 6.45) is 0.891.